The first-order valence-electron chi connectivity index (χ1n) is 6.61. The van der Waals surface area contributed by atoms with Gasteiger partial charge in [-0.05, 0) is 29.3 Å². The first-order chi connectivity index (χ1) is 11.0. The first kappa shape index (κ1) is 16.2. The molecule has 0 saturated heterocycles. The highest BCUT2D eigenvalue weighted by atomic mass is 19.1. The van der Waals surface area contributed by atoms with E-state index in [9.17, 15) is 24.4 Å². The fraction of sp³-hybridized carbons (Fsp3) is 0.0625. The maximum Gasteiger partial charge on any atom is 0.269 e. The van der Waals surface area contributed by atoms with Gasteiger partial charge in [-0.25, -0.2) is 4.39 Å². The fourth-order valence-corrected chi connectivity index (χ4v) is 1.80. The molecule has 2 aromatic carbocycles. The van der Waals surface area contributed by atoms with Crippen molar-refractivity contribution in [3.05, 3.63) is 75.6 Å². The predicted octanol–water partition coefficient (Wildman–Crippen LogP) is 2.14. The van der Waals surface area contributed by atoms with Crippen molar-refractivity contribution >= 4 is 17.7 Å². The van der Waals surface area contributed by atoms with Gasteiger partial charge in [0.1, 0.15) is 5.82 Å². The van der Waals surface area contributed by atoms with E-state index in [2.05, 4.69) is 5.32 Å². The number of amides is 1. The van der Waals surface area contributed by atoms with E-state index in [0.717, 1.165) is 18.2 Å². The molecule has 0 bridgehead atoms. The number of nitrogens with one attached hydrogen (secondary N) is 1. The highest BCUT2D eigenvalue weighted by molar-refractivity contribution is 5.91. The molecular weight excluding hydrogens is 303 g/mol. The molecule has 2 aromatic rings. The number of halogens is 1. The summed E-state index contributed by atoms with van der Waals surface area (Å²) >= 11 is 0. The highest BCUT2D eigenvalue weighted by Crippen LogP contribution is 2.20. The Morgan fingerprint density at radius 3 is 2.57 bits per heavy atom. The quantitative estimate of drug-likeness (QED) is 0.519. The molecule has 118 valence electrons. The van der Waals surface area contributed by atoms with Gasteiger partial charge >= 0.3 is 0 Å². The van der Waals surface area contributed by atoms with Crippen LogP contribution in [0.3, 0.4) is 0 Å². The van der Waals surface area contributed by atoms with E-state index in [1.54, 1.807) is 0 Å². The smallest absolute Gasteiger partial charge is 0.269 e. The zero-order valence-corrected chi connectivity index (χ0v) is 11.9. The molecule has 0 aliphatic carbocycles. The van der Waals surface area contributed by atoms with Crippen molar-refractivity contribution in [3.8, 4) is 5.75 Å². The third kappa shape index (κ3) is 4.63. The second-order valence-corrected chi connectivity index (χ2v) is 4.65. The van der Waals surface area contributed by atoms with E-state index in [-0.39, 0.29) is 23.6 Å². The molecule has 1 amide bonds. The number of carbonyl (C=O) groups excluding carboxylic acids is 1. The highest BCUT2D eigenvalue weighted by Gasteiger charge is 2.07. The molecule has 7 heteroatoms. The summed E-state index contributed by atoms with van der Waals surface area (Å²) in [6, 6.07) is 8.89. The molecule has 0 aliphatic rings. The van der Waals surface area contributed by atoms with Crippen LogP contribution in [0.5, 0.6) is 5.75 Å². The summed E-state index contributed by atoms with van der Waals surface area (Å²) in [5.41, 5.74) is 0.555. The van der Waals surface area contributed by atoms with Crippen LogP contribution in [0.4, 0.5) is 10.1 Å². The van der Waals surface area contributed by atoms with Crippen molar-refractivity contribution < 1.29 is 19.2 Å². The molecule has 0 aliphatic heterocycles. The van der Waals surface area contributed by atoms with Crippen LogP contribution in [-0.2, 0) is 11.3 Å². The Bertz CT molecular complexity index is 757. The van der Waals surface area contributed by atoms with Gasteiger partial charge in [0.05, 0.1) is 4.92 Å². The van der Waals surface area contributed by atoms with E-state index in [1.807, 2.05) is 0 Å². The van der Waals surface area contributed by atoms with Crippen LogP contribution >= 0.6 is 0 Å². The van der Waals surface area contributed by atoms with Crippen LogP contribution in [-0.4, -0.2) is 10.8 Å². The predicted molar refractivity (Wildman–Crippen MR) is 79.8 cm³/mol. The van der Waals surface area contributed by atoms with Gasteiger partial charge in [0, 0.05) is 24.8 Å². The minimum atomic E-state index is -0.612. The average molecular weight is 315 g/mol. The monoisotopic (exact) mass is 315 g/mol. The summed E-state index contributed by atoms with van der Waals surface area (Å²) in [5, 5.41) is 24.7. The molecular formula is C16H12FN2O4-. The van der Waals surface area contributed by atoms with Crippen molar-refractivity contribution in [2.24, 2.45) is 0 Å². The molecule has 23 heavy (non-hydrogen) atoms. The molecule has 0 saturated carbocycles. The summed E-state index contributed by atoms with van der Waals surface area (Å²) in [7, 11) is 0. The number of hydrogen-bond donors (Lipinski definition) is 1. The summed E-state index contributed by atoms with van der Waals surface area (Å²) < 4.78 is 12.7. The molecule has 1 N–H and O–H groups in total. The van der Waals surface area contributed by atoms with Crippen LogP contribution in [0.2, 0.25) is 0 Å². The SMILES string of the molecule is O=C(/C=C/c1ccc(F)cc1)NCc1cc([N+](=O)[O-])ccc1[O-]. The Hall–Kier alpha value is -3.22. The van der Waals surface area contributed by atoms with Gasteiger partial charge in [0.15, 0.2) is 0 Å². The van der Waals surface area contributed by atoms with E-state index >= 15 is 0 Å². The molecule has 2 rings (SSSR count). The molecule has 0 atom stereocenters. The Labute approximate surface area is 131 Å². The van der Waals surface area contributed by atoms with Crippen LogP contribution in [0.15, 0.2) is 48.5 Å². The van der Waals surface area contributed by atoms with Crippen molar-refractivity contribution in [2.75, 3.05) is 0 Å². The van der Waals surface area contributed by atoms with E-state index in [0.29, 0.717) is 5.56 Å². The zero-order chi connectivity index (χ0) is 16.8. The summed E-state index contributed by atoms with van der Waals surface area (Å²) in [6.07, 6.45) is 2.72. The van der Waals surface area contributed by atoms with E-state index in [4.69, 9.17) is 0 Å². The van der Waals surface area contributed by atoms with Gasteiger partial charge in [0.2, 0.25) is 5.91 Å². The van der Waals surface area contributed by atoms with Gasteiger partial charge < -0.3 is 10.4 Å². The largest absolute Gasteiger partial charge is 0.872 e. The Morgan fingerprint density at radius 1 is 1.22 bits per heavy atom. The Morgan fingerprint density at radius 2 is 1.91 bits per heavy atom. The number of nitro benzene ring substituents is 1. The van der Waals surface area contributed by atoms with Crippen LogP contribution < -0.4 is 10.4 Å². The second kappa shape index (κ2) is 7.17. The average Bonchev–Trinajstić information content (AvgIpc) is 2.53. The third-order valence-electron chi connectivity index (χ3n) is 3.01. The van der Waals surface area contributed by atoms with E-state index < -0.39 is 16.6 Å². The topological polar surface area (TPSA) is 95.3 Å². The molecule has 0 radical (unpaired) electrons. The zero-order valence-electron chi connectivity index (χ0n) is 11.9. The number of carbonyl (C=O) groups is 1. The standard InChI is InChI=1S/C16H13FN2O4/c17-13-4-1-11(2-5-13)3-8-16(21)18-10-12-9-14(19(22)23)6-7-15(12)20/h1-9,20H,10H2,(H,18,21)/p-1/b8-3+. The van der Waals surface area contributed by atoms with Gasteiger partial charge in [0.25, 0.3) is 5.69 Å². The van der Waals surface area contributed by atoms with Gasteiger partial charge in [-0.2, -0.15) is 0 Å². The Kier molecular flexibility index (Phi) is 5.03. The molecule has 0 spiro atoms. The Balaban J connectivity index is 1.97. The molecule has 0 aromatic heterocycles. The van der Waals surface area contributed by atoms with Crippen molar-refractivity contribution in [1.29, 1.82) is 0 Å². The van der Waals surface area contributed by atoms with Gasteiger partial charge in [-0.1, -0.05) is 18.2 Å². The maximum atomic E-state index is 12.7. The van der Waals surface area contributed by atoms with E-state index in [1.165, 1.54) is 36.4 Å². The van der Waals surface area contributed by atoms with Crippen LogP contribution in [0.1, 0.15) is 11.1 Å². The van der Waals surface area contributed by atoms with Crippen molar-refractivity contribution in [3.63, 3.8) is 0 Å². The maximum absolute atomic E-state index is 12.7. The number of hydrogen-bond acceptors (Lipinski definition) is 4. The number of non-ortho nitro benzene ring substituents is 1. The number of rotatable bonds is 5. The lowest BCUT2D eigenvalue weighted by Gasteiger charge is -2.12. The van der Waals surface area contributed by atoms with Gasteiger partial charge in [-0.15, -0.1) is 5.75 Å². The summed E-state index contributed by atoms with van der Waals surface area (Å²) in [4.78, 5) is 21.7. The molecule has 6 nitrogen and oxygen atoms in total. The molecule has 0 unspecified atom stereocenters. The van der Waals surface area contributed by atoms with Gasteiger partial charge in [-0.3, -0.25) is 14.9 Å². The van der Waals surface area contributed by atoms with Crippen molar-refractivity contribution in [1.82, 2.24) is 5.32 Å². The van der Waals surface area contributed by atoms with Crippen molar-refractivity contribution in [2.45, 2.75) is 6.54 Å². The number of nitro groups is 1. The van der Waals surface area contributed by atoms with Crippen LogP contribution in [0, 0.1) is 15.9 Å². The second-order valence-electron chi connectivity index (χ2n) is 4.65. The molecule has 0 fully saturated rings. The minimum Gasteiger partial charge on any atom is -0.872 e. The lowest BCUT2D eigenvalue weighted by molar-refractivity contribution is -0.385. The number of benzene rings is 2. The lowest BCUT2D eigenvalue weighted by Crippen LogP contribution is -2.21. The molecule has 0 heterocycles. The minimum absolute atomic E-state index is 0.118. The fourth-order valence-electron chi connectivity index (χ4n) is 1.80. The lowest BCUT2D eigenvalue weighted by atomic mass is 10.1. The first-order valence-corrected chi connectivity index (χ1v) is 6.61. The normalized spacial score (nSPS) is 10.7. The number of nitrogens with zero attached hydrogens (tertiary/aromatic N) is 1. The van der Waals surface area contributed by atoms with Crippen LogP contribution in [0.25, 0.3) is 6.08 Å². The summed E-state index contributed by atoms with van der Waals surface area (Å²) in [5.74, 6) is -1.24. The third-order valence-corrected chi connectivity index (χ3v) is 3.01. The summed E-state index contributed by atoms with van der Waals surface area (Å²) in [6.45, 7) is -0.118.